The van der Waals surface area contributed by atoms with Crippen molar-refractivity contribution in [2.24, 2.45) is 0 Å². The zero-order valence-corrected chi connectivity index (χ0v) is 6.61. The van der Waals surface area contributed by atoms with Gasteiger partial charge < -0.3 is 15.7 Å². The summed E-state index contributed by atoms with van der Waals surface area (Å²) in [6, 6.07) is 1.21. The van der Waals surface area contributed by atoms with Gasteiger partial charge in [0.05, 0.1) is 0 Å². The minimum atomic E-state index is -0.293. The van der Waals surface area contributed by atoms with Crippen LogP contribution in [0.4, 0.5) is 5.82 Å². The predicted molar refractivity (Wildman–Crippen MR) is 46.9 cm³/mol. The average Bonchev–Trinajstić information content (AvgIpc) is 2.53. The van der Waals surface area contributed by atoms with E-state index in [1.165, 1.54) is 6.07 Å². The first-order valence-corrected chi connectivity index (χ1v) is 3.62. The van der Waals surface area contributed by atoms with Gasteiger partial charge in [-0.3, -0.25) is 4.79 Å². The van der Waals surface area contributed by atoms with Gasteiger partial charge in [0, 0.05) is 18.5 Å². The van der Waals surface area contributed by atoms with Gasteiger partial charge in [0.2, 0.25) is 0 Å². The zero-order valence-electron chi connectivity index (χ0n) is 6.61. The van der Waals surface area contributed by atoms with Gasteiger partial charge in [0.15, 0.2) is 11.6 Å². The first-order chi connectivity index (χ1) is 6.25. The molecule has 4 N–H and O–H groups in total. The first kappa shape index (κ1) is 7.53. The summed E-state index contributed by atoms with van der Waals surface area (Å²) < 4.78 is 0. The minimum absolute atomic E-state index is 0.176. The van der Waals surface area contributed by atoms with Gasteiger partial charge in [-0.05, 0) is 0 Å². The van der Waals surface area contributed by atoms with E-state index in [9.17, 15) is 4.79 Å². The van der Waals surface area contributed by atoms with Gasteiger partial charge in [-0.25, -0.2) is 9.97 Å². The number of nitrogen functional groups attached to an aromatic ring is 1. The minimum Gasteiger partial charge on any atom is -0.383 e. The number of hydrogen-bond acceptors (Lipinski definition) is 4. The predicted octanol–water partition coefficient (Wildman–Crippen LogP) is -0.258. The SMILES string of the molecule is Nc1cc(=O)[nH]c(-c2ncc[nH]2)n1. The number of rotatable bonds is 1. The number of hydrogen-bond donors (Lipinski definition) is 3. The Kier molecular flexibility index (Phi) is 1.59. The lowest BCUT2D eigenvalue weighted by atomic mass is 10.5. The number of nitrogens with two attached hydrogens (primary N) is 1. The van der Waals surface area contributed by atoms with E-state index in [2.05, 4.69) is 19.9 Å². The van der Waals surface area contributed by atoms with Crippen LogP contribution in [0, 0.1) is 0 Å². The smallest absolute Gasteiger partial charge is 0.253 e. The average molecular weight is 177 g/mol. The molecule has 0 radical (unpaired) electrons. The molecule has 0 atom stereocenters. The highest BCUT2D eigenvalue weighted by Crippen LogP contribution is 2.06. The molecule has 0 aromatic carbocycles. The fourth-order valence-corrected chi connectivity index (χ4v) is 0.983. The van der Waals surface area contributed by atoms with Gasteiger partial charge in [-0.1, -0.05) is 0 Å². The fraction of sp³-hybridized carbons (Fsp3) is 0. The van der Waals surface area contributed by atoms with Crippen molar-refractivity contribution < 1.29 is 0 Å². The van der Waals surface area contributed by atoms with Gasteiger partial charge in [-0.15, -0.1) is 0 Å². The zero-order chi connectivity index (χ0) is 9.26. The van der Waals surface area contributed by atoms with Crippen molar-refractivity contribution in [2.45, 2.75) is 0 Å². The monoisotopic (exact) mass is 177 g/mol. The van der Waals surface area contributed by atoms with E-state index in [0.717, 1.165) is 0 Å². The molecule has 6 nitrogen and oxygen atoms in total. The Hall–Kier alpha value is -2.11. The Balaban J connectivity index is 2.59. The molecule has 6 heteroatoms. The van der Waals surface area contributed by atoms with Crippen LogP contribution in [0.5, 0.6) is 0 Å². The van der Waals surface area contributed by atoms with Gasteiger partial charge in [0.1, 0.15) is 5.82 Å². The van der Waals surface area contributed by atoms with E-state index in [1.807, 2.05) is 0 Å². The molecule has 0 amide bonds. The summed E-state index contributed by atoms with van der Waals surface area (Å²) in [5.41, 5.74) is 5.10. The molecule has 13 heavy (non-hydrogen) atoms. The summed E-state index contributed by atoms with van der Waals surface area (Å²) in [5.74, 6) is 1.01. The molecule has 66 valence electrons. The Morgan fingerprint density at radius 1 is 1.38 bits per heavy atom. The maximum absolute atomic E-state index is 11.0. The third-order valence-electron chi connectivity index (χ3n) is 1.48. The molecule has 2 rings (SSSR count). The molecule has 0 spiro atoms. The van der Waals surface area contributed by atoms with E-state index in [4.69, 9.17) is 5.73 Å². The second-order valence-electron chi connectivity index (χ2n) is 2.46. The number of aromatic amines is 2. The normalized spacial score (nSPS) is 10.2. The molecule has 0 saturated carbocycles. The topological polar surface area (TPSA) is 100 Å². The Bertz CT molecular complexity index is 458. The molecule has 0 bridgehead atoms. The second-order valence-corrected chi connectivity index (χ2v) is 2.46. The molecule has 2 heterocycles. The van der Waals surface area contributed by atoms with Gasteiger partial charge in [0.25, 0.3) is 5.56 Å². The van der Waals surface area contributed by atoms with E-state index in [1.54, 1.807) is 12.4 Å². The highest BCUT2D eigenvalue weighted by molar-refractivity contribution is 5.45. The summed E-state index contributed by atoms with van der Waals surface area (Å²) in [6.45, 7) is 0. The molecular weight excluding hydrogens is 170 g/mol. The van der Waals surface area contributed by atoms with Crippen molar-refractivity contribution in [1.29, 1.82) is 0 Å². The molecule has 0 saturated heterocycles. The summed E-state index contributed by atoms with van der Waals surface area (Å²) in [5, 5.41) is 0. The van der Waals surface area contributed by atoms with Crippen molar-refractivity contribution in [1.82, 2.24) is 19.9 Å². The van der Waals surface area contributed by atoms with Crippen LogP contribution >= 0.6 is 0 Å². The number of H-pyrrole nitrogens is 2. The third kappa shape index (κ3) is 1.41. The van der Waals surface area contributed by atoms with E-state index >= 15 is 0 Å². The van der Waals surface area contributed by atoms with Gasteiger partial charge in [-0.2, -0.15) is 0 Å². The lowest BCUT2D eigenvalue weighted by Crippen LogP contribution is -2.10. The summed E-state index contributed by atoms with van der Waals surface area (Å²) in [6.07, 6.45) is 3.21. The van der Waals surface area contributed by atoms with Crippen LogP contribution in [0.1, 0.15) is 0 Å². The van der Waals surface area contributed by atoms with E-state index in [-0.39, 0.29) is 11.4 Å². The van der Waals surface area contributed by atoms with Crippen LogP contribution in [0.3, 0.4) is 0 Å². The Morgan fingerprint density at radius 2 is 2.23 bits per heavy atom. The van der Waals surface area contributed by atoms with Crippen LogP contribution in [-0.2, 0) is 0 Å². The largest absolute Gasteiger partial charge is 0.383 e. The van der Waals surface area contributed by atoms with Crippen LogP contribution in [0.2, 0.25) is 0 Å². The van der Waals surface area contributed by atoms with E-state index in [0.29, 0.717) is 11.6 Å². The molecular formula is C7H7N5O. The van der Waals surface area contributed by atoms with Crippen molar-refractivity contribution in [3.63, 3.8) is 0 Å². The van der Waals surface area contributed by atoms with Crippen molar-refractivity contribution in [2.75, 3.05) is 5.73 Å². The summed E-state index contributed by atoms with van der Waals surface area (Å²) in [7, 11) is 0. The lowest BCUT2D eigenvalue weighted by Gasteiger charge is -1.96. The van der Waals surface area contributed by atoms with Crippen LogP contribution in [0.15, 0.2) is 23.3 Å². The summed E-state index contributed by atoms with van der Waals surface area (Å²) >= 11 is 0. The van der Waals surface area contributed by atoms with Crippen molar-refractivity contribution in [3.05, 3.63) is 28.8 Å². The maximum Gasteiger partial charge on any atom is 0.253 e. The first-order valence-electron chi connectivity index (χ1n) is 3.62. The van der Waals surface area contributed by atoms with E-state index < -0.39 is 0 Å². The molecule has 2 aromatic rings. The lowest BCUT2D eigenvalue weighted by molar-refractivity contribution is 1.09. The summed E-state index contributed by atoms with van der Waals surface area (Å²) in [4.78, 5) is 24.1. The van der Waals surface area contributed by atoms with Crippen LogP contribution in [0.25, 0.3) is 11.6 Å². The number of imidazole rings is 1. The molecule has 0 aliphatic rings. The molecule has 0 aliphatic carbocycles. The molecule has 0 unspecified atom stereocenters. The molecule has 0 aliphatic heterocycles. The van der Waals surface area contributed by atoms with Gasteiger partial charge >= 0.3 is 0 Å². The highest BCUT2D eigenvalue weighted by atomic mass is 16.1. The highest BCUT2D eigenvalue weighted by Gasteiger charge is 2.02. The number of aromatic nitrogens is 4. The molecule has 0 fully saturated rings. The Morgan fingerprint density at radius 3 is 2.85 bits per heavy atom. The Labute approximate surface area is 72.9 Å². The van der Waals surface area contributed by atoms with Crippen molar-refractivity contribution >= 4 is 5.82 Å². The van der Waals surface area contributed by atoms with Crippen molar-refractivity contribution in [3.8, 4) is 11.6 Å². The van der Waals surface area contributed by atoms with Crippen LogP contribution in [-0.4, -0.2) is 19.9 Å². The maximum atomic E-state index is 11.0. The second kappa shape index (κ2) is 2.74. The standard InChI is InChI=1S/C7H7N5O/c8-4-3-5(13)12-7(11-4)6-9-1-2-10-6/h1-3H,(H,9,10)(H3,8,11,12,13). The fourth-order valence-electron chi connectivity index (χ4n) is 0.983. The quantitative estimate of drug-likeness (QED) is 0.558. The van der Waals surface area contributed by atoms with Crippen LogP contribution < -0.4 is 11.3 Å². The number of anilines is 1. The third-order valence-corrected chi connectivity index (χ3v) is 1.48. The number of nitrogens with one attached hydrogen (secondary N) is 2. The number of nitrogens with zero attached hydrogens (tertiary/aromatic N) is 2. The molecule has 2 aromatic heterocycles.